The molecule has 2 aromatic carbocycles. The van der Waals surface area contributed by atoms with Crippen LogP contribution in [0.2, 0.25) is 0 Å². The molecule has 20 heavy (non-hydrogen) atoms. The molecule has 2 aromatic rings. The molecule has 1 amide bonds. The lowest BCUT2D eigenvalue weighted by Gasteiger charge is -2.29. The maximum absolute atomic E-state index is 13.7. The van der Waals surface area contributed by atoms with E-state index in [0.717, 1.165) is 21.1 Å². The molecule has 3 rings (SSSR count). The van der Waals surface area contributed by atoms with E-state index in [1.807, 2.05) is 18.2 Å². The van der Waals surface area contributed by atoms with Gasteiger partial charge in [0.05, 0.1) is 0 Å². The van der Waals surface area contributed by atoms with Gasteiger partial charge < -0.3 is 4.90 Å². The number of amides is 1. The Hall–Kier alpha value is -1.43. The Bertz CT molecular complexity index is 671. The van der Waals surface area contributed by atoms with Gasteiger partial charge in [-0.1, -0.05) is 24.3 Å². The number of hydrogen-bond acceptors (Lipinski definition) is 1. The summed E-state index contributed by atoms with van der Waals surface area (Å²) in [6.07, 6.45) is 0.826. The van der Waals surface area contributed by atoms with Gasteiger partial charge in [-0.2, -0.15) is 0 Å². The average Bonchev–Trinajstić information content (AvgIpc) is 2.45. The highest BCUT2D eigenvalue weighted by atomic mass is 127. The SMILES string of the molecule is O=C1c2cc(I)ccc2CCN1Cc1ccccc1F. The monoisotopic (exact) mass is 381 g/mol. The van der Waals surface area contributed by atoms with Crippen LogP contribution in [0, 0.1) is 9.39 Å². The third-order valence-electron chi connectivity index (χ3n) is 3.56. The van der Waals surface area contributed by atoms with E-state index in [2.05, 4.69) is 22.6 Å². The van der Waals surface area contributed by atoms with Gasteiger partial charge in [-0.3, -0.25) is 4.79 Å². The van der Waals surface area contributed by atoms with Crippen molar-refractivity contribution in [2.45, 2.75) is 13.0 Å². The summed E-state index contributed by atoms with van der Waals surface area (Å²) in [6.45, 7) is 0.969. The fraction of sp³-hybridized carbons (Fsp3) is 0.188. The van der Waals surface area contributed by atoms with Gasteiger partial charge in [0.1, 0.15) is 5.82 Å². The minimum Gasteiger partial charge on any atom is -0.334 e. The van der Waals surface area contributed by atoms with E-state index < -0.39 is 0 Å². The molecule has 0 unspecified atom stereocenters. The summed E-state index contributed by atoms with van der Waals surface area (Å²) in [5.74, 6) is -0.262. The summed E-state index contributed by atoms with van der Waals surface area (Å²) < 4.78 is 14.7. The van der Waals surface area contributed by atoms with Crippen LogP contribution in [-0.4, -0.2) is 17.4 Å². The van der Waals surface area contributed by atoms with Crippen molar-refractivity contribution in [2.75, 3.05) is 6.54 Å². The summed E-state index contributed by atoms with van der Waals surface area (Å²) in [5, 5.41) is 0. The van der Waals surface area contributed by atoms with Crippen molar-refractivity contribution in [1.82, 2.24) is 4.90 Å². The first-order chi connectivity index (χ1) is 9.65. The van der Waals surface area contributed by atoms with Crippen LogP contribution < -0.4 is 0 Å². The normalized spacial score (nSPS) is 14.3. The third kappa shape index (κ3) is 2.57. The Labute approximate surface area is 130 Å². The smallest absolute Gasteiger partial charge is 0.254 e. The van der Waals surface area contributed by atoms with E-state index in [1.54, 1.807) is 23.1 Å². The van der Waals surface area contributed by atoms with E-state index in [9.17, 15) is 9.18 Å². The van der Waals surface area contributed by atoms with Crippen molar-refractivity contribution in [3.05, 3.63) is 68.5 Å². The standard InChI is InChI=1S/C16H13FINO/c17-15-4-2-1-3-12(15)10-19-8-7-11-5-6-13(18)9-14(11)16(19)20/h1-6,9H,7-8,10H2. The minimum atomic E-state index is -0.256. The van der Waals surface area contributed by atoms with Gasteiger partial charge in [0.15, 0.2) is 0 Å². The van der Waals surface area contributed by atoms with Gasteiger partial charge in [0.25, 0.3) is 5.91 Å². The van der Waals surface area contributed by atoms with E-state index in [-0.39, 0.29) is 11.7 Å². The Morgan fingerprint density at radius 1 is 1.20 bits per heavy atom. The maximum Gasteiger partial charge on any atom is 0.254 e. The number of nitrogens with zero attached hydrogens (tertiary/aromatic N) is 1. The van der Waals surface area contributed by atoms with Gasteiger partial charge in [-0.05, 0) is 52.8 Å². The molecule has 0 aliphatic carbocycles. The zero-order valence-corrected chi connectivity index (χ0v) is 12.9. The first-order valence-corrected chi connectivity index (χ1v) is 7.54. The van der Waals surface area contributed by atoms with Gasteiger partial charge in [0.2, 0.25) is 0 Å². The van der Waals surface area contributed by atoms with Crippen molar-refractivity contribution >= 4 is 28.5 Å². The first kappa shape index (κ1) is 13.5. The Morgan fingerprint density at radius 3 is 2.80 bits per heavy atom. The summed E-state index contributed by atoms with van der Waals surface area (Å²) in [7, 11) is 0. The number of halogens is 2. The minimum absolute atomic E-state index is 0.00646. The highest BCUT2D eigenvalue weighted by Gasteiger charge is 2.24. The van der Waals surface area contributed by atoms with Crippen LogP contribution in [0.5, 0.6) is 0 Å². The van der Waals surface area contributed by atoms with E-state index in [4.69, 9.17) is 0 Å². The van der Waals surface area contributed by atoms with Crippen LogP contribution in [-0.2, 0) is 13.0 Å². The molecule has 0 saturated heterocycles. The van der Waals surface area contributed by atoms with Crippen LogP contribution in [0.1, 0.15) is 21.5 Å². The second-order valence-electron chi connectivity index (χ2n) is 4.87. The fourth-order valence-electron chi connectivity index (χ4n) is 2.48. The molecular weight excluding hydrogens is 368 g/mol. The van der Waals surface area contributed by atoms with Crippen molar-refractivity contribution in [2.24, 2.45) is 0 Å². The summed E-state index contributed by atoms with van der Waals surface area (Å²) >= 11 is 2.20. The highest BCUT2D eigenvalue weighted by Crippen LogP contribution is 2.23. The lowest BCUT2D eigenvalue weighted by Crippen LogP contribution is -2.37. The molecule has 2 nitrogen and oxygen atoms in total. The predicted molar refractivity (Wildman–Crippen MR) is 84.0 cm³/mol. The number of carbonyl (C=O) groups excluding carboxylic acids is 1. The van der Waals surface area contributed by atoms with Crippen molar-refractivity contribution in [3.8, 4) is 0 Å². The van der Waals surface area contributed by atoms with Gasteiger partial charge in [0, 0.05) is 27.8 Å². The molecule has 4 heteroatoms. The number of hydrogen-bond donors (Lipinski definition) is 0. The number of carbonyl (C=O) groups is 1. The Morgan fingerprint density at radius 2 is 2.00 bits per heavy atom. The molecule has 0 atom stereocenters. The summed E-state index contributed by atoms with van der Waals surface area (Å²) in [4.78, 5) is 14.2. The number of fused-ring (bicyclic) bond motifs is 1. The summed E-state index contributed by atoms with van der Waals surface area (Å²) in [5.41, 5.74) is 2.40. The molecule has 0 spiro atoms. The van der Waals surface area contributed by atoms with Crippen LogP contribution in [0.25, 0.3) is 0 Å². The molecule has 0 bridgehead atoms. The predicted octanol–water partition coefficient (Wildman–Crippen LogP) is 3.63. The fourth-order valence-corrected chi connectivity index (χ4v) is 2.97. The van der Waals surface area contributed by atoms with Crippen molar-refractivity contribution in [3.63, 3.8) is 0 Å². The molecule has 0 aromatic heterocycles. The average molecular weight is 381 g/mol. The molecule has 102 valence electrons. The van der Waals surface area contributed by atoms with Crippen LogP contribution in [0.4, 0.5) is 4.39 Å². The zero-order chi connectivity index (χ0) is 14.1. The molecular formula is C16H13FINO. The number of benzene rings is 2. The molecule has 0 N–H and O–H groups in total. The molecule has 1 aliphatic rings. The maximum atomic E-state index is 13.7. The van der Waals surface area contributed by atoms with Crippen LogP contribution in [0.15, 0.2) is 42.5 Å². The van der Waals surface area contributed by atoms with Gasteiger partial charge in [-0.25, -0.2) is 4.39 Å². The highest BCUT2D eigenvalue weighted by molar-refractivity contribution is 14.1. The molecule has 0 saturated carbocycles. The largest absolute Gasteiger partial charge is 0.334 e. The Balaban J connectivity index is 1.87. The quantitative estimate of drug-likeness (QED) is 0.728. The second-order valence-corrected chi connectivity index (χ2v) is 6.12. The number of rotatable bonds is 2. The molecule has 1 aliphatic heterocycles. The lowest BCUT2D eigenvalue weighted by atomic mass is 9.98. The van der Waals surface area contributed by atoms with Crippen LogP contribution in [0.3, 0.4) is 0 Å². The van der Waals surface area contributed by atoms with Crippen molar-refractivity contribution < 1.29 is 9.18 Å². The third-order valence-corrected chi connectivity index (χ3v) is 4.23. The van der Waals surface area contributed by atoms with Gasteiger partial charge >= 0.3 is 0 Å². The molecule has 0 fully saturated rings. The topological polar surface area (TPSA) is 20.3 Å². The van der Waals surface area contributed by atoms with E-state index in [0.29, 0.717) is 18.7 Å². The van der Waals surface area contributed by atoms with Crippen molar-refractivity contribution in [1.29, 1.82) is 0 Å². The molecule has 1 heterocycles. The zero-order valence-electron chi connectivity index (χ0n) is 10.8. The summed E-state index contributed by atoms with van der Waals surface area (Å²) in [6, 6.07) is 12.5. The lowest BCUT2D eigenvalue weighted by molar-refractivity contribution is 0.0725. The van der Waals surface area contributed by atoms with Crippen LogP contribution >= 0.6 is 22.6 Å². The van der Waals surface area contributed by atoms with E-state index in [1.165, 1.54) is 6.07 Å². The Kier molecular flexibility index (Phi) is 3.74. The van der Waals surface area contributed by atoms with Gasteiger partial charge in [-0.15, -0.1) is 0 Å². The first-order valence-electron chi connectivity index (χ1n) is 6.46. The molecule has 0 radical (unpaired) electrons. The van der Waals surface area contributed by atoms with E-state index >= 15 is 0 Å². The second kappa shape index (κ2) is 5.52.